The van der Waals surface area contributed by atoms with Crippen molar-refractivity contribution in [1.82, 2.24) is 0 Å². The van der Waals surface area contributed by atoms with Crippen molar-refractivity contribution in [3.8, 4) is 0 Å². The Morgan fingerprint density at radius 2 is 1.80 bits per heavy atom. The molecule has 2 rings (SSSR count). The van der Waals surface area contributed by atoms with E-state index in [2.05, 4.69) is 6.92 Å². The Labute approximate surface area is 93.6 Å². The fourth-order valence-corrected chi connectivity index (χ4v) is 3.12. The third-order valence-corrected chi connectivity index (χ3v) is 4.34. The second-order valence-corrected chi connectivity index (χ2v) is 5.57. The SMILES string of the molecule is CC1CCC(C(N)C2CCCOC2)CC1. The van der Waals surface area contributed by atoms with E-state index in [1.807, 2.05) is 0 Å². The van der Waals surface area contributed by atoms with Crippen LogP contribution in [0.1, 0.15) is 45.4 Å². The molecular formula is C13H25NO. The molecule has 2 heteroatoms. The molecule has 1 heterocycles. The second kappa shape index (κ2) is 5.31. The maximum atomic E-state index is 6.39. The summed E-state index contributed by atoms with van der Waals surface area (Å²) in [7, 11) is 0. The maximum Gasteiger partial charge on any atom is 0.0509 e. The Kier molecular flexibility index (Phi) is 4.04. The van der Waals surface area contributed by atoms with Crippen molar-refractivity contribution in [3.63, 3.8) is 0 Å². The van der Waals surface area contributed by atoms with Gasteiger partial charge in [0.1, 0.15) is 0 Å². The molecule has 1 aliphatic carbocycles. The van der Waals surface area contributed by atoms with Crippen molar-refractivity contribution in [2.45, 2.75) is 51.5 Å². The van der Waals surface area contributed by atoms with Crippen molar-refractivity contribution >= 4 is 0 Å². The number of ether oxygens (including phenoxy) is 1. The van der Waals surface area contributed by atoms with Gasteiger partial charge in [0.05, 0.1) is 6.61 Å². The highest BCUT2D eigenvalue weighted by molar-refractivity contribution is 4.84. The molecule has 2 atom stereocenters. The Balaban J connectivity index is 1.81. The molecule has 0 spiro atoms. The largest absolute Gasteiger partial charge is 0.381 e. The van der Waals surface area contributed by atoms with Crippen molar-refractivity contribution in [2.75, 3.05) is 13.2 Å². The van der Waals surface area contributed by atoms with Gasteiger partial charge >= 0.3 is 0 Å². The van der Waals surface area contributed by atoms with Gasteiger partial charge in [0.25, 0.3) is 0 Å². The number of hydrogen-bond acceptors (Lipinski definition) is 2. The lowest BCUT2D eigenvalue weighted by Gasteiger charge is -2.36. The van der Waals surface area contributed by atoms with E-state index in [4.69, 9.17) is 10.5 Å². The molecule has 1 saturated heterocycles. The van der Waals surface area contributed by atoms with Gasteiger partial charge in [-0.2, -0.15) is 0 Å². The predicted octanol–water partition coefficient (Wildman–Crippen LogP) is 2.57. The van der Waals surface area contributed by atoms with E-state index in [-0.39, 0.29) is 0 Å². The standard InChI is InChI=1S/C13H25NO/c1-10-4-6-11(7-5-10)13(14)12-3-2-8-15-9-12/h10-13H,2-9,14H2,1H3. The molecule has 2 N–H and O–H groups in total. The van der Waals surface area contributed by atoms with E-state index < -0.39 is 0 Å². The first kappa shape index (κ1) is 11.4. The highest BCUT2D eigenvalue weighted by Crippen LogP contribution is 2.33. The van der Waals surface area contributed by atoms with Gasteiger partial charge in [0.2, 0.25) is 0 Å². The van der Waals surface area contributed by atoms with Crippen LogP contribution < -0.4 is 5.73 Å². The van der Waals surface area contributed by atoms with Gasteiger partial charge in [-0.25, -0.2) is 0 Å². The molecular weight excluding hydrogens is 186 g/mol. The molecule has 2 fully saturated rings. The summed E-state index contributed by atoms with van der Waals surface area (Å²) in [4.78, 5) is 0. The number of rotatable bonds is 2. The maximum absolute atomic E-state index is 6.39. The van der Waals surface area contributed by atoms with Gasteiger partial charge < -0.3 is 10.5 Å². The zero-order valence-corrected chi connectivity index (χ0v) is 9.95. The highest BCUT2D eigenvalue weighted by atomic mass is 16.5. The molecule has 0 radical (unpaired) electrons. The summed E-state index contributed by atoms with van der Waals surface area (Å²) < 4.78 is 5.54. The van der Waals surface area contributed by atoms with Crippen LogP contribution in [0.2, 0.25) is 0 Å². The first-order chi connectivity index (χ1) is 7.27. The molecule has 1 saturated carbocycles. The van der Waals surface area contributed by atoms with E-state index in [0.29, 0.717) is 12.0 Å². The fraction of sp³-hybridized carbons (Fsp3) is 1.00. The molecule has 15 heavy (non-hydrogen) atoms. The lowest BCUT2D eigenvalue weighted by atomic mass is 9.75. The molecule has 0 aromatic heterocycles. The molecule has 2 unspecified atom stereocenters. The van der Waals surface area contributed by atoms with E-state index in [0.717, 1.165) is 25.0 Å². The summed E-state index contributed by atoms with van der Waals surface area (Å²) in [5.41, 5.74) is 6.39. The van der Waals surface area contributed by atoms with Crippen LogP contribution in [0.4, 0.5) is 0 Å². The Hall–Kier alpha value is -0.0800. The summed E-state index contributed by atoms with van der Waals surface area (Å²) >= 11 is 0. The van der Waals surface area contributed by atoms with Crippen molar-refractivity contribution in [2.24, 2.45) is 23.5 Å². The van der Waals surface area contributed by atoms with Crippen LogP contribution in [0.15, 0.2) is 0 Å². The smallest absolute Gasteiger partial charge is 0.0509 e. The normalized spacial score (nSPS) is 40.0. The zero-order valence-electron chi connectivity index (χ0n) is 9.95. The molecule has 88 valence electrons. The van der Waals surface area contributed by atoms with Crippen molar-refractivity contribution < 1.29 is 4.74 Å². The molecule has 0 bridgehead atoms. The van der Waals surface area contributed by atoms with E-state index in [1.54, 1.807) is 0 Å². The van der Waals surface area contributed by atoms with Crippen LogP contribution in [-0.4, -0.2) is 19.3 Å². The fourth-order valence-electron chi connectivity index (χ4n) is 3.12. The third-order valence-electron chi connectivity index (χ3n) is 4.34. The lowest BCUT2D eigenvalue weighted by Crippen LogP contribution is -2.42. The van der Waals surface area contributed by atoms with Gasteiger partial charge in [-0.3, -0.25) is 0 Å². The molecule has 2 aliphatic rings. The molecule has 0 aromatic carbocycles. The van der Waals surface area contributed by atoms with Crippen LogP contribution >= 0.6 is 0 Å². The Bertz CT molecular complexity index is 181. The van der Waals surface area contributed by atoms with Crippen LogP contribution in [0, 0.1) is 17.8 Å². The summed E-state index contributed by atoms with van der Waals surface area (Å²) in [6.45, 7) is 4.23. The average molecular weight is 211 g/mol. The Morgan fingerprint density at radius 3 is 2.40 bits per heavy atom. The third kappa shape index (κ3) is 2.94. The second-order valence-electron chi connectivity index (χ2n) is 5.57. The van der Waals surface area contributed by atoms with Gasteiger partial charge in [-0.05, 0) is 43.4 Å². The van der Waals surface area contributed by atoms with Crippen molar-refractivity contribution in [3.05, 3.63) is 0 Å². The van der Waals surface area contributed by atoms with Crippen LogP contribution in [0.25, 0.3) is 0 Å². The van der Waals surface area contributed by atoms with E-state index in [9.17, 15) is 0 Å². The average Bonchev–Trinajstić information content (AvgIpc) is 2.30. The summed E-state index contributed by atoms with van der Waals surface area (Å²) in [5.74, 6) is 2.33. The van der Waals surface area contributed by atoms with Crippen LogP contribution in [-0.2, 0) is 4.74 Å². The van der Waals surface area contributed by atoms with Crippen molar-refractivity contribution in [1.29, 1.82) is 0 Å². The zero-order chi connectivity index (χ0) is 10.7. The van der Waals surface area contributed by atoms with Crippen LogP contribution in [0.3, 0.4) is 0 Å². The topological polar surface area (TPSA) is 35.2 Å². The van der Waals surface area contributed by atoms with Gasteiger partial charge in [-0.1, -0.05) is 19.8 Å². The van der Waals surface area contributed by atoms with E-state index in [1.165, 1.54) is 38.5 Å². The van der Waals surface area contributed by atoms with E-state index >= 15 is 0 Å². The lowest BCUT2D eigenvalue weighted by molar-refractivity contribution is 0.0312. The van der Waals surface area contributed by atoms with Crippen LogP contribution in [0.5, 0.6) is 0 Å². The summed E-state index contributed by atoms with van der Waals surface area (Å²) in [6, 6.07) is 0.401. The van der Waals surface area contributed by atoms with Gasteiger partial charge in [0, 0.05) is 12.6 Å². The number of nitrogens with two attached hydrogens (primary N) is 1. The summed E-state index contributed by atoms with van der Waals surface area (Å²) in [6.07, 6.45) is 7.95. The highest BCUT2D eigenvalue weighted by Gasteiger charge is 2.30. The molecule has 0 amide bonds. The first-order valence-electron chi connectivity index (χ1n) is 6.60. The molecule has 0 aromatic rings. The number of hydrogen-bond donors (Lipinski definition) is 1. The quantitative estimate of drug-likeness (QED) is 0.762. The predicted molar refractivity (Wildman–Crippen MR) is 62.6 cm³/mol. The molecule has 1 aliphatic heterocycles. The monoisotopic (exact) mass is 211 g/mol. The van der Waals surface area contributed by atoms with Gasteiger partial charge in [-0.15, -0.1) is 0 Å². The minimum Gasteiger partial charge on any atom is -0.381 e. The Morgan fingerprint density at radius 1 is 1.07 bits per heavy atom. The minimum absolute atomic E-state index is 0.401. The van der Waals surface area contributed by atoms with Gasteiger partial charge in [0.15, 0.2) is 0 Å². The molecule has 2 nitrogen and oxygen atoms in total. The first-order valence-corrected chi connectivity index (χ1v) is 6.60. The minimum atomic E-state index is 0.401. The summed E-state index contributed by atoms with van der Waals surface area (Å²) in [5, 5.41) is 0.